The fraction of sp³-hybridized carbons (Fsp3) is 0. The molecule has 2 aliphatic carbocycles. The maximum absolute atomic E-state index is 14.0. The first-order valence-corrected chi connectivity index (χ1v) is 12.4. The molecule has 0 amide bonds. The molecule has 0 saturated carbocycles. The van der Waals surface area contributed by atoms with Crippen molar-refractivity contribution >= 4 is 33.4 Å². The average molecular weight is 593 g/mol. The number of aromatic nitrogens is 2. The van der Waals surface area contributed by atoms with Crippen LogP contribution in [0.5, 0.6) is 0 Å². The van der Waals surface area contributed by atoms with Gasteiger partial charge in [-0.1, -0.05) is 0 Å². The Morgan fingerprint density at radius 1 is 0.500 bits per heavy atom. The van der Waals surface area contributed by atoms with Gasteiger partial charge in [0.25, 0.3) is 0 Å². The van der Waals surface area contributed by atoms with Crippen molar-refractivity contribution in [1.29, 1.82) is 47.4 Å². The van der Waals surface area contributed by atoms with Gasteiger partial charge in [0.1, 0.15) is 65.8 Å². The van der Waals surface area contributed by atoms with E-state index in [2.05, 4.69) is 9.97 Å². The van der Waals surface area contributed by atoms with Crippen LogP contribution in [0.1, 0.15) is 50.3 Å². The van der Waals surface area contributed by atoms with Crippen molar-refractivity contribution in [2.75, 3.05) is 0 Å². The predicted octanol–water partition coefficient (Wildman–Crippen LogP) is 4.87. The predicted molar refractivity (Wildman–Crippen MR) is 150 cm³/mol. The summed E-state index contributed by atoms with van der Waals surface area (Å²) in [5, 5.41) is 90.6. The summed E-state index contributed by atoms with van der Waals surface area (Å²) in [6.07, 6.45) is 0. The Balaban J connectivity index is 2.06. The topological polar surface area (TPSA) is 240 Å². The number of allylic oxidation sites excluding steroid dienone is 8. The first kappa shape index (κ1) is 29.2. The summed E-state index contributed by atoms with van der Waals surface area (Å²) < 4.78 is 28.0. The Bertz CT molecular complexity index is 2510. The highest BCUT2D eigenvalue weighted by molar-refractivity contribution is 6.31. The SMILES string of the molecule is N#CC(C#N)=C1C(c2ccc(F)nc2C#N)=C(C#N)c2c1cc1c(c2C#N)C(=C(C#N)C#N)C(c2ccc(F)nc2C#N)=C1C#N. The maximum atomic E-state index is 14.0. The van der Waals surface area contributed by atoms with E-state index in [1.54, 1.807) is 36.4 Å². The van der Waals surface area contributed by atoms with Gasteiger partial charge in [-0.15, -0.1) is 0 Å². The van der Waals surface area contributed by atoms with Crippen LogP contribution in [0.3, 0.4) is 0 Å². The van der Waals surface area contributed by atoms with Gasteiger partial charge in [-0.3, -0.25) is 0 Å². The van der Waals surface area contributed by atoms with Gasteiger partial charge in [0.2, 0.25) is 11.9 Å². The third kappa shape index (κ3) is 4.01. The van der Waals surface area contributed by atoms with E-state index in [4.69, 9.17) is 0 Å². The zero-order chi connectivity index (χ0) is 33.3. The molecule has 2 aromatic heterocycles. The van der Waals surface area contributed by atoms with Crippen molar-refractivity contribution in [1.82, 2.24) is 9.97 Å². The smallest absolute Gasteiger partial charge is 0.208 e. The van der Waals surface area contributed by atoms with Crippen LogP contribution in [0.25, 0.3) is 33.4 Å². The first-order chi connectivity index (χ1) is 22.3. The Kier molecular flexibility index (Phi) is 7.12. The van der Waals surface area contributed by atoms with Crippen molar-refractivity contribution in [3.05, 3.63) is 104 Å². The minimum atomic E-state index is -1.03. The standard InChI is InChI=1S/C33H5F2N11/c34-26-3-1-17(24(13-43)45-26)31-21(10-40)19-5-20-28(15(6-36)7-37)32(18-2-4-27(35)46-25(18)14-44)22(11-41)30(20)23(12-42)33(19)29(31)16(8-38)9-39/h1-5H. The number of fused-ring (bicyclic) bond motifs is 2. The van der Waals surface area contributed by atoms with Crippen LogP contribution < -0.4 is 0 Å². The van der Waals surface area contributed by atoms with E-state index in [1.807, 2.05) is 18.2 Å². The van der Waals surface area contributed by atoms with Crippen molar-refractivity contribution in [2.45, 2.75) is 0 Å². The molecule has 0 saturated heterocycles. The molecule has 0 aliphatic heterocycles. The van der Waals surface area contributed by atoms with Gasteiger partial charge < -0.3 is 0 Å². The molecule has 11 nitrogen and oxygen atoms in total. The number of hydrogen-bond acceptors (Lipinski definition) is 11. The normalized spacial score (nSPS) is 12.1. The molecule has 2 heterocycles. The molecule has 2 aliphatic rings. The van der Waals surface area contributed by atoms with Crippen molar-refractivity contribution in [2.24, 2.45) is 0 Å². The van der Waals surface area contributed by atoms with Crippen LogP contribution in [0.15, 0.2) is 41.5 Å². The van der Waals surface area contributed by atoms with Crippen molar-refractivity contribution in [3.8, 4) is 54.6 Å². The fourth-order valence-corrected chi connectivity index (χ4v) is 5.47. The van der Waals surface area contributed by atoms with Gasteiger partial charge in [0, 0.05) is 50.1 Å². The molecule has 0 bridgehead atoms. The van der Waals surface area contributed by atoms with Crippen LogP contribution in [-0.4, -0.2) is 9.97 Å². The molecule has 0 atom stereocenters. The number of pyridine rings is 2. The molecule has 0 spiro atoms. The Labute approximate surface area is 257 Å². The number of rotatable bonds is 2. The maximum Gasteiger partial charge on any atom is 0.214 e. The second kappa shape index (κ2) is 11.2. The lowest BCUT2D eigenvalue weighted by Crippen LogP contribution is -2.01. The van der Waals surface area contributed by atoms with E-state index in [0.29, 0.717) is 0 Å². The molecule has 13 heteroatoms. The Morgan fingerprint density at radius 3 is 1.41 bits per heavy atom. The molecular weight excluding hydrogens is 588 g/mol. The lowest BCUT2D eigenvalue weighted by molar-refractivity contribution is 0.581. The van der Waals surface area contributed by atoms with E-state index in [1.165, 1.54) is 6.07 Å². The third-order valence-electron chi connectivity index (χ3n) is 7.12. The van der Waals surface area contributed by atoms with E-state index in [-0.39, 0.29) is 72.4 Å². The average Bonchev–Trinajstić information content (AvgIpc) is 3.57. The van der Waals surface area contributed by atoms with Crippen LogP contribution in [0.2, 0.25) is 0 Å². The summed E-state index contributed by atoms with van der Waals surface area (Å²) in [5.74, 6) is -2.06. The highest BCUT2D eigenvalue weighted by atomic mass is 19.1. The molecule has 5 rings (SSSR count). The van der Waals surface area contributed by atoms with Crippen LogP contribution >= 0.6 is 0 Å². The van der Waals surface area contributed by atoms with Gasteiger partial charge in [-0.05, 0) is 35.9 Å². The van der Waals surface area contributed by atoms with Crippen molar-refractivity contribution < 1.29 is 8.78 Å². The van der Waals surface area contributed by atoms with Gasteiger partial charge >= 0.3 is 0 Å². The van der Waals surface area contributed by atoms with E-state index in [9.17, 15) is 56.1 Å². The number of nitrogens with zero attached hydrogens (tertiary/aromatic N) is 11. The number of halogens is 2. The van der Waals surface area contributed by atoms with Gasteiger partial charge in [-0.25, -0.2) is 9.97 Å². The molecule has 0 fully saturated rings. The lowest BCUT2D eigenvalue weighted by atomic mass is 9.86. The van der Waals surface area contributed by atoms with Crippen LogP contribution in [0, 0.1) is 114 Å². The number of nitriles is 9. The summed E-state index contributed by atoms with van der Waals surface area (Å²) in [5.41, 5.74) is -4.81. The summed E-state index contributed by atoms with van der Waals surface area (Å²) >= 11 is 0. The monoisotopic (exact) mass is 593 g/mol. The Hall–Kier alpha value is -8.25. The zero-order valence-electron chi connectivity index (χ0n) is 22.6. The summed E-state index contributed by atoms with van der Waals surface area (Å²) in [6.45, 7) is 0. The molecule has 0 N–H and O–H groups in total. The summed E-state index contributed by atoms with van der Waals surface area (Å²) in [4.78, 5) is 7.11. The summed E-state index contributed by atoms with van der Waals surface area (Å²) in [6, 6.07) is 21.4. The van der Waals surface area contributed by atoms with E-state index in [0.717, 1.165) is 24.3 Å². The van der Waals surface area contributed by atoms with Gasteiger partial charge in [0.15, 0.2) is 11.4 Å². The molecule has 0 unspecified atom stereocenters. The Morgan fingerprint density at radius 2 is 0.978 bits per heavy atom. The van der Waals surface area contributed by atoms with E-state index >= 15 is 0 Å². The molecule has 1 aromatic carbocycles. The molecule has 3 aromatic rings. The first-order valence-electron chi connectivity index (χ1n) is 12.4. The summed E-state index contributed by atoms with van der Waals surface area (Å²) in [7, 11) is 0. The minimum Gasteiger partial charge on any atom is -0.208 e. The number of hydrogen-bond donors (Lipinski definition) is 0. The van der Waals surface area contributed by atoms with Crippen LogP contribution in [0.4, 0.5) is 8.78 Å². The van der Waals surface area contributed by atoms with E-state index < -0.39 is 34.4 Å². The third-order valence-corrected chi connectivity index (χ3v) is 7.12. The minimum absolute atomic E-state index is 0.0743. The number of benzene rings is 1. The highest BCUT2D eigenvalue weighted by Crippen LogP contribution is 2.56. The highest BCUT2D eigenvalue weighted by Gasteiger charge is 2.41. The largest absolute Gasteiger partial charge is 0.214 e. The van der Waals surface area contributed by atoms with Crippen molar-refractivity contribution in [3.63, 3.8) is 0 Å². The van der Waals surface area contributed by atoms with Gasteiger partial charge in [0.05, 0.1) is 16.7 Å². The molecule has 46 heavy (non-hydrogen) atoms. The van der Waals surface area contributed by atoms with Crippen LogP contribution in [-0.2, 0) is 0 Å². The molecule has 206 valence electrons. The molecule has 0 radical (unpaired) electrons. The quantitative estimate of drug-likeness (QED) is 0.287. The lowest BCUT2D eigenvalue weighted by Gasteiger charge is -2.13. The fourth-order valence-electron chi connectivity index (χ4n) is 5.47. The molecular formula is C33H5F2N11. The second-order valence-corrected chi connectivity index (χ2v) is 9.16. The van der Waals surface area contributed by atoms with Gasteiger partial charge in [-0.2, -0.15) is 56.1 Å². The zero-order valence-corrected chi connectivity index (χ0v) is 22.6. The second-order valence-electron chi connectivity index (χ2n) is 9.16.